The van der Waals surface area contributed by atoms with Gasteiger partial charge in [0, 0.05) is 18.5 Å². The summed E-state index contributed by atoms with van der Waals surface area (Å²) in [6, 6.07) is 2.06. The maximum atomic E-state index is 10.6. The molecule has 0 bridgehead atoms. The number of carboxylic acid groups (broad SMARTS) is 1. The lowest BCUT2D eigenvalue weighted by Gasteiger charge is -1.99. The number of carboxylic acids is 1. The van der Waals surface area contributed by atoms with E-state index in [1.54, 1.807) is 16.7 Å². The van der Waals surface area contributed by atoms with Crippen molar-refractivity contribution in [3.8, 4) is 0 Å². The van der Waals surface area contributed by atoms with Crippen LogP contribution < -0.4 is 5.32 Å². The van der Waals surface area contributed by atoms with Crippen LogP contribution in [0.25, 0.3) is 0 Å². The predicted molar refractivity (Wildman–Crippen MR) is 63.9 cm³/mol. The zero-order chi connectivity index (χ0) is 11.4. The molecule has 0 atom stereocenters. The van der Waals surface area contributed by atoms with E-state index in [1.807, 2.05) is 5.38 Å². The molecule has 4 nitrogen and oxygen atoms in total. The van der Waals surface area contributed by atoms with Crippen molar-refractivity contribution in [3.63, 3.8) is 0 Å². The van der Waals surface area contributed by atoms with Crippen LogP contribution in [-0.2, 0) is 13.1 Å². The van der Waals surface area contributed by atoms with Crippen LogP contribution in [0.2, 0.25) is 0 Å². The Morgan fingerprint density at radius 2 is 2.31 bits per heavy atom. The number of thiazole rings is 1. The molecule has 2 aromatic heterocycles. The van der Waals surface area contributed by atoms with Crippen LogP contribution in [0.5, 0.6) is 0 Å². The van der Waals surface area contributed by atoms with Crippen molar-refractivity contribution in [2.75, 3.05) is 0 Å². The van der Waals surface area contributed by atoms with Gasteiger partial charge in [0.1, 0.15) is 0 Å². The van der Waals surface area contributed by atoms with Crippen LogP contribution in [0.15, 0.2) is 22.2 Å². The van der Waals surface area contributed by atoms with Crippen molar-refractivity contribution in [3.05, 3.63) is 38.5 Å². The smallest absolute Gasteiger partial charge is 0.365 e. The Bertz CT molecular complexity index is 465. The molecule has 2 heterocycles. The third kappa shape index (κ3) is 2.88. The highest BCUT2D eigenvalue weighted by Gasteiger charge is 2.08. The Morgan fingerprint density at radius 3 is 2.94 bits per heavy atom. The van der Waals surface area contributed by atoms with Gasteiger partial charge in [0.15, 0.2) is 0 Å². The molecule has 2 rings (SSSR count). The molecule has 0 radical (unpaired) electrons. The predicted octanol–water partition coefficient (Wildman–Crippen LogP) is 2.19. The number of aromatic nitrogens is 1. The summed E-state index contributed by atoms with van der Waals surface area (Å²) in [6.45, 7) is 1.38. The molecule has 0 aliphatic heterocycles. The van der Waals surface area contributed by atoms with Crippen LogP contribution in [0.4, 0.5) is 0 Å². The molecule has 0 spiro atoms. The molecule has 0 unspecified atom stereocenters. The molecule has 16 heavy (non-hydrogen) atoms. The molecule has 0 amide bonds. The maximum absolute atomic E-state index is 10.6. The molecule has 0 aromatic carbocycles. The molecule has 0 fully saturated rings. The average Bonchev–Trinajstić information content (AvgIpc) is 2.87. The standard InChI is InChI=1S/C10H10N2O2S2/c13-10(14)9-12-8(6-16-9)4-11-3-7-1-2-15-5-7/h1-2,5-6,11H,3-4H2,(H,13,14). The molecule has 0 saturated heterocycles. The van der Waals surface area contributed by atoms with E-state index in [1.165, 1.54) is 5.56 Å². The lowest BCUT2D eigenvalue weighted by molar-refractivity contribution is 0.0696. The summed E-state index contributed by atoms with van der Waals surface area (Å²) in [4.78, 5) is 14.6. The Hall–Kier alpha value is -1.24. The summed E-state index contributed by atoms with van der Waals surface area (Å²) >= 11 is 2.82. The fraction of sp³-hybridized carbons (Fsp3) is 0.200. The van der Waals surface area contributed by atoms with E-state index >= 15 is 0 Å². The van der Waals surface area contributed by atoms with E-state index in [0.29, 0.717) is 6.54 Å². The highest BCUT2D eigenvalue weighted by molar-refractivity contribution is 7.11. The van der Waals surface area contributed by atoms with Crippen LogP contribution in [-0.4, -0.2) is 16.1 Å². The minimum absolute atomic E-state index is 0.146. The van der Waals surface area contributed by atoms with Crippen LogP contribution in [0.1, 0.15) is 21.1 Å². The Kier molecular flexibility index (Phi) is 3.66. The van der Waals surface area contributed by atoms with Crippen LogP contribution in [0.3, 0.4) is 0 Å². The first-order chi connectivity index (χ1) is 7.75. The zero-order valence-electron chi connectivity index (χ0n) is 8.34. The van der Waals surface area contributed by atoms with Crippen molar-refractivity contribution < 1.29 is 9.90 Å². The third-order valence-electron chi connectivity index (χ3n) is 1.95. The minimum Gasteiger partial charge on any atom is -0.476 e. The van der Waals surface area contributed by atoms with Gasteiger partial charge in [-0.25, -0.2) is 9.78 Å². The second kappa shape index (κ2) is 5.20. The third-order valence-corrected chi connectivity index (χ3v) is 3.56. The molecule has 6 heteroatoms. The number of carbonyl (C=O) groups is 1. The second-order valence-electron chi connectivity index (χ2n) is 3.18. The summed E-state index contributed by atoms with van der Waals surface area (Å²) < 4.78 is 0. The Labute approximate surface area is 101 Å². The first kappa shape index (κ1) is 11.3. The molecule has 0 saturated carbocycles. The first-order valence-corrected chi connectivity index (χ1v) is 6.47. The monoisotopic (exact) mass is 254 g/mol. The summed E-state index contributed by atoms with van der Waals surface area (Å²) in [6.07, 6.45) is 0. The van der Waals surface area contributed by atoms with Gasteiger partial charge in [-0.3, -0.25) is 0 Å². The average molecular weight is 254 g/mol. The largest absolute Gasteiger partial charge is 0.476 e. The number of rotatable bonds is 5. The quantitative estimate of drug-likeness (QED) is 0.858. The topological polar surface area (TPSA) is 62.2 Å². The number of hydrogen-bond acceptors (Lipinski definition) is 5. The fourth-order valence-electron chi connectivity index (χ4n) is 1.21. The van der Waals surface area contributed by atoms with E-state index in [2.05, 4.69) is 21.7 Å². The number of nitrogens with one attached hydrogen (secondary N) is 1. The van der Waals surface area contributed by atoms with E-state index in [0.717, 1.165) is 23.6 Å². The normalized spacial score (nSPS) is 10.5. The SMILES string of the molecule is O=C(O)c1nc(CNCc2ccsc2)cs1. The van der Waals surface area contributed by atoms with E-state index in [9.17, 15) is 4.79 Å². The van der Waals surface area contributed by atoms with Crippen molar-refractivity contribution in [2.45, 2.75) is 13.1 Å². The number of hydrogen-bond donors (Lipinski definition) is 2. The van der Waals surface area contributed by atoms with Crippen LogP contribution >= 0.6 is 22.7 Å². The van der Waals surface area contributed by atoms with Gasteiger partial charge in [-0.2, -0.15) is 11.3 Å². The molecule has 0 aliphatic rings. The second-order valence-corrected chi connectivity index (χ2v) is 4.82. The number of thiophene rings is 1. The summed E-state index contributed by atoms with van der Waals surface area (Å²) in [5, 5.41) is 17.9. The zero-order valence-corrected chi connectivity index (χ0v) is 9.98. The molecular weight excluding hydrogens is 244 g/mol. The van der Waals surface area contributed by atoms with E-state index in [4.69, 9.17) is 5.11 Å². The summed E-state index contributed by atoms with van der Waals surface area (Å²) in [5.41, 5.74) is 2.01. The van der Waals surface area contributed by atoms with Gasteiger partial charge in [0.05, 0.1) is 5.69 Å². The first-order valence-electron chi connectivity index (χ1n) is 4.65. The lowest BCUT2D eigenvalue weighted by Crippen LogP contribution is -2.12. The van der Waals surface area contributed by atoms with Crippen LogP contribution in [0, 0.1) is 0 Å². The highest BCUT2D eigenvalue weighted by Crippen LogP contribution is 2.10. The lowest BCUT2D eigenvalue weighted by atomic mass is 10.3. The van der Waals surface area contributed by atoms with Gasteiger partial charge in [0.25, 0.3) is 0 Å². The van der Waals surface area contributed by atoms with Crippen molar-refractivity contribution in [1.29, 1.82) is 0 Å². The molecular formula is C10H10N2O2S2. The number of aromatic carboxylic acids is 1. The Morgan fingerprint density at radius 1 is 1.44 bits per heavy atom. The van der Waals surface area contributed by atoms with Gasteiger partial charge in [-0.1, -0.05) is 0 Å². The van der Waals surface area contributed by atoms with Crippen molar-refractivity contribution in [2.24, 2.45) is 0 Å². The highest BCUT2D eigenvalue weighted by atomic mass is 32.1. The van der Waals surface area contributed by atoms with Gasteiger partial charge in [-0.05, 0) is 22.4 Å². The number of nitrogens with zero attached hydrogens (tertiary/aromatic N) is 1. The summed E-state index contributed by atoms with van der Waals surface area (Å²) in [5.74, 6) is -0.964. The fourth-order valence-corrected chi connectivity index (χ4v) is 2.54. The summed E-state index contributed by atoms with van der Waals surface area (Å²) in [7, 11) is 0. The van der Waals surface area contributed by atoms with E-state index in [-0.39, 0.29) is 5.01 Å². The van der Waals surface area contributed by atoms with Gasteiger partial charge in [-0.15, -0.1) is 11.3 Å². The maximum Gasteiger partial charge on any atom is 0.365 e. The van der Waals surface area contributed by atoms with E-state index < -0.39 is 5.97 Å². The van der Waals surface area contributed by atoms with Gasteiger partial charge in [0.2, 0.25) is 5.01 Å². The van der Waals surface area contributed by atoms with Gasteiger partial charge < -0.3 is 10.4 Å². The Balaban J connectivity index is 1.83. The molecule has 2 N–H and O–H groups in total. The molecule has 84 valence electrons. The van der Waals surface area contributed by atoms with Gasteiger partial charge >= 0.3 is 5.97 Å². The molecule has 2 aromatic rings. The van der Waals surface area contributed by atoms with Crippen molar-refractivity contribution >= 4 is 28.6 Å². The minimum atomic E-state index is -0.964. The molecule has 0 aliphatic carbocycles. The van der Waals surface area contributed by atoms with Crippen molar-refractivity contribution in [1.82, 2.24) is 10.3 Å².